The molecule has 0 aliphatic rings. The first-order valence-corrected chi connectivity index (χ1v) is 9.01. The Morgan fingerprint density at radius 1 is 0.964 bits per heavy atom. The normalized spacial score (nSPS) is 11.4. The van der Waals surface area contributed by atoms with E-state index in [0.29, 0.717) is 17.8 Å². The molecule has 0 aliphatic carbocycles. The van der Waals surface area contributed by atoms with Gasteiger partial charge in [0.1, 0.15) is 0 Å². The van der Waals surface area contributed by atoms with Crippen LogP contribution in [0.25, 0.3) is 0 Å². The first-order valence-electron chi connectivity index (χ1n) is 9.01. The highest BCUT2D eigenvalue weighted by molar-refractivity contribution is 5.96. The van der Waals surface area contributed by atoms with E-state index >= 15 is 0 Å². The van der Waals surface area contributed by atoms with Crippen molar-refractivity contribution in [1.82, 2.24) is 10.6 Å². The van der Waals surface area contributed by atoms with Crippen molar-refractivity contribution in [1.29, 1.82) is 0 Å². The zero-order valence-corrected chi connectivity index (χ0v) is 16.2. The monoisotopic (exact) mass is 383 g/mol. The number of hydrogen-bond acceptors (Lipinski definition) is 4. The third-order valence-corrected chi connectivity index (χ3v) is 3.72. The van der Waals surface area contributed by atoms with E-state index in [9.17, 15) is 14.4 Å². The van der Waals surface area contributed by atoms with Gasteiger partial charge in [-0.25, -0.2) is 4.79 Å². The molecule has 0 saturated heterocycles. The highest BCUT2D eigenvalue weighted by Gasteiger charge is 2.23. The molecule has 2 aromatic carbocycles. The van der Waals surface area contributed by atoms with E-state index in [1.165, 1.54) is 6.92 Å². The summed E-state index contributed by atoms with van der Waals surface area (Å²) in [6.07, 6.45) is -1.03. The Bertz CT molecular complexity index is 804. The molecule has 7 nitrogen and oxygen atoms in total. The highest BCUT2D eigenvalue weighted by atomic mass is 16.5. The summed E-state index contributed by atoms with van der Waals surface area (Å²) >= 11 is 0. The van der Waals surface area contributed by atoms with Crippen molar-refractivity contribution >= 4 is 23.6 Å². The summed E-state index contributed by atoms with van der Waals surface area (Å²) in [5.74, 6) is -0.978. The van der Waals surface area contributed by atoms with Gasteiger partial charge in [0.15, 0.2) is 0 Å². The van der Waals surface area contributed by atoms with Crippen LogP contribution < -0.4 is 16.0 Å². The van der Waals surface area contributed by atoms with Crippen LogP contribution in [0.5, 0.6) is 0 Å². The summed E-state index contributed by atoms with van der Waals surface area (Å²) in [6.45, 7) is 5.40. The van der Waals surface area contributed by atoms with E-state index < -0.39 is 18.0 Å². The van der Waals surface area contributed by atoms with Gasteiger partial charge in [0.2, 0.25) is 6.10 Å². The molecule has 1 unspecified atom stereocenters. The van der Waals surface area contributed by atoms with E-state index in [0.717, 1.165) is 5.56 Å². The van der Waals surface area contributed by atoms with Gasteiger partial charge in [-0.2, -0.15) is 0 Å². The number of urea groups is 1. The Labute approximate surface area is 164 Å². The molecule has 0 spiro atoms. The van der Waals surface area contributed by atoms with Crippen molar-refractivity contribution in [2.75, 3.05) is 5.32 Å². The first kappa shape index (κ1) is 21.0. The zero-order valence-electron chi connectivity index (χ0n) is 16.2. The molecular formula is C21H25N3O4. The van der Waals surface area contributed by atoms with Gasteiger partial charge in [0.05, 0.1) is 0 Å². The molecule has 0 saturated carbocycles. The third kappa shape index (κ3) is 6.75. The molecule has 148 valence electrons. The van der Waals surface area contributed by atoms with Gasteiger partial charge in [-0.05, 0) is 31.5 Å². The number of hydrogen-bond donors (Lipinski definition) is 3. The number of rotatable bonds is 7. The summed E-state index contributed by atoms with van der Waals surface area (Å²) in [4.78, 5) is 35.6. The molecule has 7 heteroatoms. The van der Waals surface area contributed by atoms with E-state index in [4.69, 9.17) is 4.74 Å². The molecule has 0 heterocycles. The lowest BCUT2D eigenvalue weighted by atomic mass is 10.1. The number of carbonyl (C=O) groups excluding carboxylic acids is 3. The number of anilines is 1. The molecular weight excluding hydrogens is 358 g/mol. The van der Waals surface area contributed by atoms with Gasteiger partial charge in [0, 0.05) is 30.8 Å². The van der Waals surface area contributed by atoms with Crippen molar-refractivity contribution < 1.29 is 19.1 Å². The Morgan fingerprint density at radius 2 is 1.61 bits per heavy atom. The van der Waals surface area contributed by atoms with Crippen molar-refractivity contribution in [2.45, 2.75) is 39.5 Å². The molecule has 2 rings (SSSR count). The molecule has 3 N–H and O–H groups in total. The molecule has 2 aromatic rings. The van der Waals surface area contributed by atoms with Crippen molar-refractivity contribution in [3.8, 4) is 0 Å². The predicted molar refractivity (Wildman–Crippen MR) is 107 cm³/mol. The second kappa shape index (κ2) is 10.1. The van der Waals surface area contributed by atoms with Gasteiger partial charge in [-0.1, -0.05) is 42.5 Å². The maximum absolute atomic E-state index is 12.6. The van der Waals surface area contributed by atoms with Gasteiger partial charge in [-0.15, -0.1) is 0 Å². The van der Waals surface area contributed by atoms with E-state index in [1.807, 2.05) is 19.9 Å². The van der Waals surface area contributed by atoms with Crippen LogP contribution in [0, 0.1) is 0 Å². The number of amides is 3. The molecule has 0 radical (unpaired) electrons. The molecule has 0 aliphatic heterocycles. The minimum Gasteiger partial charge on any atom is -0.447 e. The maximum atomic E-state index is 12.6. The molecule has 3 amide bonds. The Balaban J connectivity index is 1.98. The lowest BCUT2D eigenvalue weighted by Crippen LogP contribution is -2.39. The summed E-state index contributed by atoms with van der Waals surface area (Å²) in [5, 5.41) is 8.25. The van der Waals surface area contributed by atoms with Crippen LogP contribution in [0.2, 0.25) is 0 Å². The summed E-state index contributed by atoms with van der Waals surface area (Å²) < 4.78 is 5.19. The standard InChI is InChI=1S/C21H25N3O4/c1-14(2)23-21(27)22-13-16-9-11-18(12-10-16)24-20(26)19(28-15(3)25)17-7-5-4-6-8-17/h4-12,14,19H,13H2,1-3H3,(H,24,26)(H2,22,23,27). The fourth-order valence-corrected chi connectivity index (χ4v) is 2.48. The van der Waals surface area contributed by atoms with Crippen LogP contribution in [0.4, 0.5) is 10.5 Å². The van der Waals surface area contributed by atoms with Gasteiger partial charge >= 0.3 is 12.0 Å². The molecule has 28 heavy (non-hydrogen) atoms. The van der Waals surface area contributed by atoms with Crippen molar-refractivity contribution in [3.63, 3.8) is 0 Å². The van der Waals surface area contributed by atoms with Gasteiger partial charge in [-0.3, -0.25) is 9.59 Å². The first-order chi connectivity index (χ1) is 13.3. The topological polar surface area (TPSA) is 96.5 Å². The smallest absolute Gasteiger partial charge is 0.315 e. The zero-order chi connectivity index (χ0) is 20.5. The average molecular weight is 383 g/mol. The predicted octanol–water partition coefficient (Wildman–Crippen LogP) is 3.14. The van der Waals surface area contributed by atoms with Crippen LogP contribution >= 0.6 is 0 Å². The number of carbonyl (C=O) groups is 3. The largest absolute Gasteiger partial charge is 0.447 e. The Kier molecular flexibility index (Phi) is 7.56. The molecule has 0 fully saturated rings. The van der Waals surface area contributed by atoms with Crippen LogP contribution in [-0.2, 0) is 20.9 Å². The highest BCUT2D eigenvalue weighted by Crippen LogP contribution is 2.20. The second-order valence-corrected chi connectivity index (χ2v) is 6.57. The quantitative estimate of drug-likeness (QED) is 0.640. The van der Waals surface area contributed by atoms with Crippen LogP contribution in [0.15, 0.2) is 54.6 Å². The molecule has 0 bridgehead atoms. The lowest BCUT2D eigenvalue weighted by molar-refractivity contribution is -0.152. The minimum absolute atomic E-state index is 0.0624. The van der Waals surface area contributed by atoms with Crippen LogP contribution in [-0.4, -0.2) is 23.9 Å². The number of ether oxygens (including phenoxy) is 1. The molecule has 0 aromatic heterocycles. The van der Waals surface area contributed by atoms with Crippen LogP contribution in [0.3, 0.4) is 0 Å². The average Bonchev–Trinajstić information content (AvgIpc) is 2.65. The van der Waals surface area contributed by atoms with E-state index in [1.54, 1.807) is 48.5 Å². The fraction of sp³-hybridized carbons (Fsp3) is 0.286. The van der Waals surface area contributed by atoms with Gasteiger partial charge in [0.25, 0.3) is 5.91 Å². The lowest BCUT2D eigenvalue weighted by Gasteiger charge is -2.17. The number of benzene rings is 2. The molecule has 1 atom stereocenters. The fourth-order valence-electron chi connectivity index (χ4n) is 2.48. The summed E-state index contributed by atoms with van der Waals surface area (Å²) in [6, 6.07) is 15.7. The van der Waals surface area contributed by atoms with E-state index in [-0.39, 0.29) is 12.1 Å². The third-order valence-electron chi connectivity index (χ3n) is 3.72. The Morgan fingerprint density at radius 3 is 2.18 bits per heavy atom. The van der Waals surface area contributed by atoms with Crippen LogP contribution in [0.1, 0.15) is 38.0 Å². The minimum atomic E-state index is -1.03. The SMILES string of the molecule is CC(=O)OC(C(=O)Nc1ccc(CNC(=O)NC(C)C)cc1)c1ccccc1. The second-order valence-electron chi connectivity index (χ2n) is 6.57. The van der Waals surface area contributed by atoms with Crippen molar-refractivity contribution in [3.05, 3.63) is 65.7 Å². The van der Waals surface area contributed by atoms with Gasteiger partial charge < -0.3 is 20.7 Å². The van der Waals surface area contributed by atoms with E-state index in [2.05, 4.69) is 16.0 Å². The summed E-state index contributed by atoms with van der Waals surface area (Å²) in [7, 11) is 0. The number of nitrogens with one attached hydrogen (secondary N) is 3. The maximum Gasteiger partial charge on any atom is 0.315 e. The Hall–Kier alpha value is -3.35. The number of esters is 1. The summed E-state index contributed by atoms with van der Waals surface area (Å²) in [5.41, 5.74) is 2.04. The van der Waals surface area contributed by atoms with Crippen molar-refractivity contribution in [2.24, 2.45) is 0 Å².